The van der Waals surface area contributed by atoms with Gasteiger partial charge in [-0.2, -0.15) is 0 Å². The maximum atomic E-state index is 10.7. The highest BCUT2D eigenvalue weighted by Gasteiger charge is 2.00. The van der Waals surface area contributed by atoms with E-state index < -0.39 is 0 Å². The first-order valence-electron chi connectivity index (χ1n) is 4.63. The highest BCUT2D eigenvalue weighted by molar-refractivity contribution is 5.75. The lowest BCUT2D eigenvalue weighted by Crippen LogP contribution is -1.92. The quantitative estimate of drug-likeness (QED) is 0.624. The Bertz CT molecular complexity index is 211. The van der Waals surface area contributed by atoms with Crippen molar-refractivity contribution in [3.05, 3.63) is 23.8 Å². The van der Waals surface area contributed by atoms with Gasteiger partial charge in [-0.05, 0) is 32.6 Å². The topological polar surface area (TPSA) is 17.1 Å². The monoisotopic (exact) mass is 164 g/mol. The van der Waals surface area contributed by atoms with Crippen molar-refractivity contribution in [3.63, 3.8) is 0 Å². The van der Waals surface area contributed by atoms with Crippen LogP contribution in [0.1, 0.15) is 39.0 Å². The van der Waals surface area contributed by atoms with Crippen LogP contribution >= 0.6 is 0 Å². The van der Waals surface area contributed by atoms with E-state index in [4.69, 9.17) is 0 Å². The summed E-state index contributed by atoms with van der Waals surface area (Å²) in [7, 11) is 0. The van der Waals surface area contributed by atoms with Gasteiger partial charge in [0.15, 0.2) is 0 Å². The zero-order valence-corrected chi connectivity index (χ0v) is 7.68. The zero-order valence-electron chi connectivity index (χ0n) is 7.68. The molecule has 1 aliphatic rings. The van der Waals surface area contributed by atoms with E-state index >= 15 is 0 Å². The number of carbonyl (C=O) groups is 1. The number of allylic oxidation sites excluding steroid dienone is 4. The maximum absolute atomic E-state index is 10.7. The van der Waals surface area contributed by atoms with Gasteiger partial charge >= 0.3 is 0 Å². The second-order valence-electron chi connectivity index (χ2n) is 3.35. The molecular weight excluding hydrogens is 148 g/mol. The number of rotatable bonds is 4. The Balaban J connectivity index is 2.18. The van der Waals surface area contributed by atoms with Gasteiger partial charge in [0.1, 0.15) is 5.78 Å². The van der Waals surface area contributed by atoms with Gasteiger partial charge in [0.2, 0.25) is 0 Å². The fourth-order valence-electron chi connectivity index (χ4n) is 1.43. The van der Waals surface area contributed by atoms with Crippen molar-refractivity contribution in [1.82, 2.24) is 0 Å². The lowest BCUT2D eigenvalue weighted by Gasteiger charge is -2.07. The summed E-state index contributed by atoms with van der Waals surface area (Å²) in [5.74, 6) is 0.307. The maximum Gasteiger partial charge on any atom is 0.129 e. The molecule has 0 aliphatic heterocycles. The van der Waals surface area contributed by atoms with Crippen LogP contribution in [0.4, 0.5) is 0 Å². The van der Waals surface area contributed by atoms with Crippen LogP contribution in [0.5, 0.6) is 0 Å². The van der Waals surface area contributed by atoms with Gasteiger partial charge in [-0.1, -0.05) is 23.8 Å². The summed E-state index contributed by atoms with van der Waals surface area (Å²) in [6.07, 6.45) is 11.7. The molecule has 0 unspecified atom stereocenters. The van der Waals surface area contributed by atoms with E-state index in [9.17, 15) is 4.79 Å². The standard InChI is InChI=1S/C11H16O/c1-10(12)6-5-9-11-7-3-2-4-8-11/h2-3,7H,4-6,8-9H2,1H3. The molecule has 66 valence electrons. The minimum Gasteiger partial charge on any atom is -0.300 e. The van der Waals surface area contributed by atoms with Gasteiger partial charge < -0.3 is 4.79 Å². The lowest BCUT2D eigenvalue weighted by molar-refractivity contribution is -0.117. The Labute approximate surface area is 74.2 Å². The molecule has 1 rings (SSSR count). The molecule has 0 heterocycles. The minimum absolute atomic E-state index is 0.307. The lowest BCUT2D eigenvalue weighted by atomic mass is 9.99. The largest absolute Gasteiger partial charge is 0.300 e. The average molecular weight is 164 g/mol. The van der Waals surface area contributed by atoms with Crippen LogP contribution in [0.3, 0.4) is 0 Å². The van der Waals surface area contributed by atoms with Gasteiger partial charge in [0, 0.05) is 6.42 Å². The summed E-state index contributed by atoms with van der Waals surface area (Å²) in [5, 5.41) is 0. The molecule has 0 fully saturated rings. The molecule has 12 heavy (non-hydrogen) atoms. The summed E-state index contributed by atoms with van der Waals surface area (Å²) >= 11 is 0. The fourth-order valence-corrected chi connectivity index (χ4v) is 1.43. The highest BCUT2D eigenvalue weighted by atomic mass is 16.1. The van der Waals surface area contributed by atoms with Crippen LogP contribution in [0, 0.1) is 0 Å². The Morgan fingerprint density at radius 2 is 2.42 bits per heavy atom. The van der Waals surface area contributed by atoms with Crippen LogP contribution in [0.15, 0.2) is 23.8 Å². The molecule has 0 aromatic rings. The van der Waals surface area contributed by atoms with E-state index in [0.29, 0.717) is 5.78 Å². The third-order valence-electron chi connectivity index (χ3n) is 2.13. The van der Waals surface area contributed by atoms with E-state index in [-0.39, 0.29) is 0 Å². The molecule has 0 aromatic heterocycles. The Hall–Kier alpha value is -0.850. The molecule has 0 saturated heterocycles. The molecule has 1 aliphatic carbocycles. The smallest absolute Gasteiger partial charge is 0.129 e. The molecule has 0 radical (unpaired) electrons. The summed E-state index contributed by atoms with van der Waals surface area (Å²) in [6, 6.07) is 0. The van der Waals surface area contributed by atoms with Crippen LogP contribution in [0.2, 0.25) is 0 Å². The molecule has 0 aromatic carbocycles. The molecule has 0 amide bonds. The molecule has 0 N–H and O–H groups in total. The van der Waals surface area contributed by atoms with Gasteiger partial charge in [0.25, 0.3) is 0 Å². The first-order chi connectivity index (χ1) is 5.79. The Morgan fingerprint density at radius 1 is 1.58 bits per heavy atom. The van der Waals surface area contributed by atoms with Crippen molar-refractivity contribution in [3.8, 4) is 0 Å². The average Bonchev–Trinajstić information content (AvgIpc) is 2.05. The highest BCUT2D eigenvalue weighted by Crippen LogP contribution is 2.17. The summed E-state index contributed by atoms with van der Waals surface area (Å²) in [4.78, 5) is 10.7. The van der Waals surface area contributed by atoms with Crippen molar-refractivity contribution in [1.29, 1.82) is 0 Å². The van der Waals surface area contributed by atoms with Gasteiger partial charge in [-0.3, -0.25) is 0 Å². The molecule has 1 heteroatoms. The van der Waals surface area contributed by atoms with Crippen molar-refractivity contribution in [2.75, 3.05) is 0 Å². The van der Waals surface area contributed by atoms with Crippen LogP contribution in [-0.2, 0) is 4.79 Å². The third-order valence-corrected chi connectivity index (χ3v) is 2.13. The molecular formula is C11H16O. The molecule has 0 saturated carbocycles. The molecule has 1 nitrogen and oxygen atoms in total. The number of hydrogen-bond donors (Lipinski definition) is 0. The predicted octanol–water partition coefficient (Wildman–Crippen LogP) is 3.02. The zero-order chi connectivity index (χ0) is 8.81. The van der Waals surface area contributed by atoms with E-state index in [2.05, 4.69) is 18.2 Å². The third kappa shape index (κ3) is 3.51. The van der Waals surface area contributed by atoms with Crippen LogP contribution in [-0.4, -0.2) is 5.78 Å². The van der Waals surface area contributed by atoms with Gasteiger partial charge in [-0.25, -0.2) is 0 Å². The van der Waals surface area contributed by atoms with E-state index in [1.165, 1.54) is 18.4 Å². The SMILES string of the molecule is CC(=O)CCCC1=CC=CCC1. The number of Topliss-reactive ketones (excluding diaryl/α,β-unsaturated/α-hetero) is 1. The van der Waals surface area contributed by atoms with E-state index in [0.717, 1.165) is 19.3 Å². The Kier molecular flexibility index (Phi) is 3.78. The van der Waals surface area contributed by atoms with Crippen LogP contribution < -0.4 is 0 Å². The van der Waals surface area contributed by atoms with Gasteiger partial charge in [-0.15, -0.1) is 0 Å². The van der Waals surface area contributed by atoms with E-state index in [1.54, 1.807) is 6.92 Å². The second-order valence-corrected chi connectivity index (χ2v) is 3.35. The van der Waals surface area contributed by atoms with Crippen molar-refractivity contribution in [2.45, 2.75) is 39.0 Å². The summed E-state index contributed by atoms with van der Waals surface area (Å²) < 4.78 is 0. The molecule has 0 atom stereocenters. The summed E-state index contributed by atoms with van der Waals surface area (Å²) in [5.41, 5.74) is 1.50. The fraction of sp³-hybridized carbons (Fsp3) is 0.545. The number of hydrogen-bond acceptors (Lipinski definition) is 1. The normalized spacial score (nSPS) is 15.9. The molecule has 0 bridgehead atoms. The predicted molar refractivity (Wildman–Crippen MR) is 51.0 cm³/mol. The first kappa shape index (κ1) is 9.24. The minimum atomic E-state index is 0.307. The number of ketones is 1. The van der Waals surface area contributed by atoms with Crippen molar-refractivity contribution >= 4 is 5.78 Å². The second kappa shape index (κ2) is 4.91. The first-order valence-corrected chi connectivity index (χ1v) is 4.63. The number of carbonyl (C=O) groups excluding carboxylic acids is 1. The Morgan fingerprint density at radius 3 is 3.00 bits per heavy atom. The van der Waals surface area contributed by atoms with Crippen molar-refractivity contribution in [2.24, 2.45) is 0 Å². The summed E-state index contributed by atoms with van der Waals surface area (Å²) in [6.45, 7) is 1.66. The van der Waals surface area contributed by atoms with Gasteiger partial charge in [0.05, 0.1) is 0 Å². The van der Waals surface area contributed by atoms with E-state index in [1.807, 2.05) is 0 Å². The van der Waals surface area contributed by atoms with Crippen LogP contribution in [0.25, 0.3) is 0 Å². The van der Waals surface area contributed by atoms with Crippen molar-refractivity contribution < 1.29 is 4.79 Å². The molecule has 0 spiro atoms.